The molecule has 1 saturated heterocycles. The molecule has 5 rings (SSSR count). The molecule has 0 saturated carbocycles. The number of methoxy groups -OCH3 is 1. The van der Waals surface area contributed by atoms with Crippen LogP contribution >= 0.6 is 0 Å². The minimum absolute atomic E-state index is 0.0234. The molecule has 5 nitrogen and oxygen atoms in total. The molecule has 0 N–H and O–H groups in total. The number of likely N-dealkylation sites (tertiary alicyclic amines) is 1. The second-order valence-corrected chi connectivity index (χ2v) is 8.97. The van der Waals surface area contributed by atoms with E-state index in [1.54, 1.807) is 24.4 Å². The maximum absolute atomic E-state index is 14.7. The summed E-state index contributed by atoms with van der Waals surface area (Å²) in [6.07, 6.45) is 5.46. The second kappa shape index (κ2) is 9.47. The fraction of sp³-hybridized carbons (Fsp3) is 0.286. The molecule has 1 aliphatic heterocycles. The topological polar surface area (TPSA) is 54.1 Å². The van der Waals surface area contributed by atoms with Crippen molar-refractivity contribution in [2.75, 3.05) is 20.2 Å². The van der Waals surface area contributed by atoms with Crippen LogP contribution < -0.4 is 4.74 Å². The first kappa shape index (κ1) is 23.0. The van der Waals surface area contributed by atoms with Crippen molar-refractivity contribution in [3.05, 3.63) is 71.6 Å². The zero-order valence-electron chi connectivity index (χ0n) is 19.8. The molecule has 0 radical (unpaired) electrons. The number of aryl methyl sites for hydroxylation is 1. The Morgan fingerprint density at radius 1 is 1.00 bits per heavy atom. The molecule has 3 heterocycles. The fourth-order valence-electron chi connectivity index (χ4n) is 4.93. The maximum Gasteiger partial charge on any atom is 0.165 e. The molecule has 7 heteroatoms. The van der Waals surface area contributed by atoms with Crippen LogP contribution in [0.4, 0.5) is 8.78 Å². The van der Waals surface area contributed by atoms with Crippen molar-refractivity contribution in [3.8, 4) is 34.2 Å². The van der Waals surface area contributed by atoms with E-state index in [9.17, 15) is 14.0 Å². The lowest BCUT2D eigenvalue weighted by molar-refractivity contribution is 0.217. The summed E-state index contributed by atoms with van der Waals surface area (Å²) in [5.41, 5.74) is 4.41. The minimum Gasteiger partial charge on any atom is -0.494 e. The Hall–Kier alpha value is -3.76. The van der Waals surface area contributed by atoms with Crippen molar-refractivity contribution in [3.63, 3.8) is 0 Å². The Balaban J connectivity index is 1.72. The number of fused-ring (bicyclic) bond motifs is 1. The van der Waals surface area contributed by atoms with Crippen molar-refractivity contribution in [1.29, 1.82) is 5.26 Å². The first-order valence-corrected chi connectivity index (χ1v) is 11.7. The molecule has 1 fully saturated rings. The van der Waals surface area contributed by atoms with Gasteiger partial charge in [0.1, 0.15) is 11.9 Å². The monoisotopic (exact) mass is 472 g/mol. The minimum atomic E-state index is -0.599. The van der Waals surface area contributed by atoms with E-state index in [1.807, 2.05) is 13.1 Å². The smallest absolute Gasteiger partial charge is 0.165 e. The van der Waals surface area contributed by atoms with Crippen molar-refractivity contribution in [2.24, 2.45) is 7.05 Å². The number of ether oxygens (including phenoxy) is 1. The average molecular weight is 473 g/mol. The SMILES string of the molecule is COc1ccc(-c2ncc3c(cc(CN4CCCCC4)n3C)c2-c2ccc(C#N)c(F)c2)cc1F. The highest BCUT2D eigenvalue weighted by Gasteiger charge is 2.21. The molecule has 0 amide bonds. The first-order valence-electron chi connectivity index (χ1n) is 11.7. The number of benzene rings is 2. The van der Waals surface area contributed by atoms with Gasteiger partial charge in [0.05, 0.1) is 30.1 Å². The highest BCUT2D eigenvalue weighted by atomic mass is 19.1. The highest BCUT2D eigenvalue weighted by molar-refractivity contribution is 6.02. The Labute approximate surface area is 203 Å². The van der Waals surface area contributed by atoms with Gasteiger partial charge in [-0.15, -0.1) is 0 Å². The predicted molar refractivity (Wildman–Crippen MR) is 132 cm³/mol. The summed E-state index contributed by atoms with van der Waals surface area (Å²) in [6.45, 7) is 2.96. The Morgan fingerprint density at radius 3 is 2.43 bits per heavy atom. The third-order valence-electron chi connectivity index (χ3n) is 6.84. The lowest BCUT2D eigenvalue weighted by atomic mass is 9.95. The summed E-state index contributed by atoms with van der Waals surface area (Å²) < 4.78 is 36.5. The molecule has 178 valence electrons. The molecule has 0 spiro atoms. The van der Waals surface area contributed by atoms with Gasteiger partial charge in [0.15, 0.2) is 11.6 Å². The Bertz CT molecular complexity index is 1450. The zero-order valence-corrected chi connectivity index (χ0v) is 19.8. The van der Waals surface area contributed by atoms with E-state index in [2.05, 4.69) is 15.5 Å². The van der Waals surface area contributed by atoms with Crippen LogP contribution in [0.2, 0.25) is 0 Å². The number of hydrogen-bond donors (Lipinski definition) is 0. The summed E-state index contributed by atoms with van der Waals surface area (Å²) >= 11 is 0. The lowest BCUT2D eigenvalue weighted by Gasteiger charge is -2.26. The third kappa shape index (κ3) is 4.26. The van der Waals surface area contributed by atoms with E-state index in [0.717, 1.165) is 36.2 Å². The summed E-state index contributed by atoms with van der Waals surface area (Å²) in [5, 5.41) is 10.1. The summed E-state index contributed by atoms with van der Waals surface area (Å²) in [5.74, 6) is -0.953. The molecule has 0 unspecified atom stereocenters. The van der Waals surface area contributed by atoms with E-state index < -0.39 is 11.6 Å². The molecule has 2 aromatic heterocycles. The number of rotatable bonds is 5. The number of hydrogen-bond acceptors (Lipinski definition) is 4. The Kier molecular flexibility index (Phi) is 6.23. The van der Waals surface area contributed by atoms with Crippen LogP contribution in [-0.4, -0.2) is 34.7 Å². The standard InChI is InChI=1S/C28H26F2N4O/c1-33-21(17-34-10-4-3-5-11-34)14-22-25(33)16-32-28(19-8-9-26(35-2)24(30)13-19)27(22)18-6-7-20(15-31)23(29)12-18/h6-9,12-14,16H,3-5,10-11,17H2,1-2H3. The Morgan fingerprint density at radius 2 is 1.74 bits per heavy atom. The van der Waals surface area contributed by atoms with Gasteiger partial charge in [-0.25, -0.2) is 8.78 Å². The molecular weight excluding hydrogens is 446 g/mol. The third-order valence-corrected chi connectivity index (χ3v) is 6.84. The van der Waals surface area contributed by atoms with Crippen molar-refractivity contribution in [2.45, 2.75) is 25.8 Å². The number of nitrogens with zero attached hydrogens (tertiary/aromatic N) is 4. The van der Waals surface area contributed by atoms with E-state index >= 15 is 0 Å². The van der Waals surface area contributed by atoms with E-state index in [1.165, 1.54) is 44.6 Å². The van der Waals surface area contributed by atoms with Gasteiger partial charge in [0, 0.05) is 35.8 Å². The second-order valence-electron chi connectivity index (χ2n) is 8.97. The molecule has 4 aromatic rings. The van der Waals surface area contributed by atoms with Crippen LogP contribution in [0.1, 0.15) is 30.5 Å². The largest absolute Gasteiger partial charge is 0.494 e. The average Bonchev–Trinajstić information content (AvgIpc) is 3.19. The van der Waals surface area contributed by atoms with Crippen LogP contribution in [0, 0.1) is 23.0 Å². The molecule has 1 aliphatic rings. The van der Waals surface area contributed by atoms with E-state index in [0.29, 0.717) is 22.4 Å². The number of piperidine rings is 1. The van der Waals surface area contributed by atoms with Crippen molar-refractivity contribution in [1.82, 2.24) is 14.5 Å². The van der Waals surface area contributed by atoms with Crippen LogP contribution in [0.5, 0.6) is 5.75 Å². The predicted octanol–water partition coefficient (Wildman–Crippen LogP) is 6.05. The summed E-state index contributed by atoms with van der Waals surface area (Å²) in [7, 11) is 3.43. The normalized spacial score (nSPS) is 14.3. The number of halogens is 2. The van der Waals surface area contributed by atoms with Gasteiger partial charge in [0.2, 0.25) is 0 Å². The van der Waals surface area contributed by atoms with Crippen LogP contribution in [-0.2, 0) is 13.6 Å². The molecule has 0 aliphatic carbocycles. The van der Waals surface area contributed by atoms with Crippen molar-refractivity contribution < 1.29 is 13.5 Å². The highest BCUT2D eigenvalue weighted by Crippen LogP contribution is 2.39. The number of nitriles is 1. The van der Waals surface area contributed by atoms with Gasteiger partial charge in [-0.05, 0) is 67.9 Å². The van der Waals surface area contributed by atoms with Gasteiger partial charge < -0.3 is 9.30 Å². The summed E-state index contributed by atoms with van der Waals surface area (Å²) in [4.78, 5) is 7.16. The molecule has 35 heavy (non-hydrogen) atoms. The first-order chi connectivity index (χ1) is 17.0. The van der Waals surface area contributed by atoms with Gasteiger partial charge in [0.25, 0.3) is 0 Å². The van der Waals surface area contributed by atoms with Gasteiger partial charge in [-0.1, -0.05) is 12.5 Å². The van der Waals surface area contributed by atoms with Crippen LogP contribution in [0.3, 0.4) is 0 Å². The molecule has 0 bridgehead atoms. The quantitative estimate of drug-likeness (QED) is 0.355. The van der Waals surface area contributed by atoms with Gasteiger partial charge >= 0.3 is 0 Å². The molecule has 0 atom stereocenters. The molecular formula is C28H26F2N4O. The van der Waals surface area contributed by atoms with Gasteiger partial charge in [-0.2, -0.15) is 5.26 Å². The van der Waals surface area contributed by atoms with E-state index in [4.69, 9.17) is 9.72 Å². The fourth-order valence-corrected chi connectivity index (χ4v) is 4.93. The van der Waals surface area contributed by atoms with E-state index in [-0.39, 0.29) is 11.3 Å². The lowest BCUT2D eigenvalue weighted by Crippen LogP contribution is -2.29. The number of pyridine rings is 1. The molecule has 2 aromatic carbocycles. The van der Waals surface area contributed by atoms with Crippen LogP contribution in [0.15, 0.2) is 48.7 Å². The zero-order chi connectivity index (χ0) is 24.5. The number of aromatic nitrogens is 2. The summed E-state index contributed by atoms with van der Waals surface area (Å²) in [6, 6.07) is 13.2. The van der Waals surface area contributed by atoms with Gasteiger partial charge in [-0.3, -0.25) is 9.88 Å². The van der Waals surface area contributed by atoms with Crippen molar-refractivity contribution >= 4 is 10.9 Å². The maximum atomic E-state index is 14.7. The van der Waals surface area contributed by atoms with Crippen LogP contribution in [0.25, 0.3) is 33.3 Å².